The molecule has 110 valence electrons. The van der Waals surface area contributed by atoms with Crippen LogP contribution in [0.5, 0.6) is 5.75 Å². The Bertz CT molecular complexity index is 712. The van der Waals surface area contributed by atoms with Crippen molar-refractivity contribution < 1.29 is 4.74 Å². The van der Waals surface area contributed by atoms with Gasteiger partial charge in [-0.1, -0.05) is 23.7 Å². The SMILES string of the molecule is CCOc1ccccc1/C=N\Nc1cnn(C)c(=O)c1Cl. The summed E-state index contributed by atoms with van der Waals surface area (Å²) in [6.07, 6.45) is 3.04. The summed E-state index contributed by atoms with van der Waals surface area (Å²) in [5, 5.41) is 7.97. The lowest BCUT2D eigenvalue weighted by Crippen LogP contribution is -2.20. The van der Waals surface area contributed by atoms with E-state index in [2.05, 4.69) is 15.6 Å². The fraction of sp³-hybridized carbons (Fsp3) is 0.214. The van der Waals surface area contributed by atoms with Gasteiger partial charge in [0.2, 0.25) is 0 Å². The number of nitrogens with one attached hydrogen (secondary N) is 1. The Morgan fingerprint density at radius 1 is 1.48 bits per heavy atom. The van der Waals surface area contributed by atoms with E-state index in [1.165, 1.54) is 13.2 Å². The molecule has 0 saturated carbocycles. The van der Waals surface area contributed by atoms with Crippen LogP contribution in [-0.2, 0) is 7.05 Å². The third kappa shape index (κ3) is 3.61. The molecule has 0 radical (unpaired) electrons. The molecule has 1 aromatic heterocycles. The molecule has 0 atom stereocenters. The molecule has 1 heterocycles. The first kappa shape index (κ1) is 15.1. The van der Waals surface area contributed by atoms with Gasteiger partial charge < -0.3 is 4.74 Å². The van der Waals surface area contributed by atoms with Gasteiger partial charge in [0.1, 0.15) is 16.5 Å². The highest BCUT2D eigenvalue weighted by Gasteiger charge is 2.06. The minimum absolute atomic E-state index is 0.0442. The third-order valence-electron chi connectivity index (χ3n) is 2.69. The van der Waals surface area contributed by atoms with E-state index in [4.69, 9.17) is 16.3 Å². The Morgan fingerprint density at radius 2 is 2.24 bits per heavy atom. The minimum Gasteiger partial charge on any atom is -0.493 e. The number of rotatable bonds is 5. The second kappa shape index (κ2) is 6.90. The van der Waals surface area contributed by atoms with Crippen LogP contribution in [-0.4, -0.2) is 22.6 Å². The highest BCUT2D eigenvalue weighted by molar-refractivity contribution is 6.32. The maximum Gasteiger partial charge on any atom is 0.287 e. The second-order valence-electron chi connectivity index (χ2n) is 4.14. The average molecular weight is 307 g/mol. The number of hydrogen-bond acceptors (Lipinski definition) is 5. The van der Waals surface area contributed by atoms with E-state index in [1.807, 2.05) is 31.2 Å². The van der Waals surface area contributed by atoms with Crippen molar-refractivity contribution in [3.05, 3.63) is 51.4 Å². The molecule has 2 aromatic rings. The van der Waals surface area contributed by atoms with Crippen LogP contribution < -0.4 is 15.7 Å². The number of nitrogens with zero attached hydrogens (tertiary/aromatic N) is 3. The van der Waals surface area contributed by atoms with E-state index in [0.717, 1.165) is 16.0 Å². The number of hydrogen-bond donors (Lipinski definition) is 1. The molecule has 0 saturated heterocycles. The van der Waals surface area contributed by atoms with Crippen molar-refractivity contribution in [1.29, 1.82) is 0 Å². The number of ether oxygens (including phenoxy) is 1. The predicted molar refractivity (Wildman–Crippen MR) is 83.3 cm³/mol. The van der Waals surface area contributed by atoms with Crippen molar-refractivity contribution in [2.24, 2.45) is 12.1 Å². The van der Waals surface area contributed by atoms with Gasteiger partial charge in [0.25, 0.3) is 5.56 Å². The summed E-state index contributed by atoms with van der Waals surface area (Å²) >= 11 is 5.93. The van der Waals surface area contributed by atoms with Crippen LogP contribution in [0.15, 0.2) is 40.4 Å². The topological polar surface area (TPSA) is 68.5 Å². The lowest BCUT2D eigenvalue weighted by molar-refractivity contribution is 0.340. The van der Waals surface area contributed by atoms with Crippen molar-refractivity contribution in [2.45, 2.75) is 6.92 Å². The third-order valence-corrected chi connectivity index (χ3v) is 3.05. The standard InChI is InChI=1S/C14H15ClN4O2/c1-3-21-12-7-5-4-6-10(12)8-16-18-11-9-17-19(2)14(20)13(11)15/h4-9,18H,3H2,1-2H3/b16-8-. The van der Waals surface area contributed by atoms with Crippen LogP contribution >= 0.6 is 11.6 Å². The van der Waals surface area contributed by atoms with Crippen LogP contribution in [0.25, 0.3) is 0 Å². The van der Waals surface area contributed by atoms with E-state index in [1.54, 1.807) is 6.21 Å². The molecule has 1 N–H and O–H groups in total. The Labute approximate surface area is 127 Å². The van der Waals surface area contributed by atoms with Gasteiger partial charge in [-0.3, -0.25) is 10.2 Å². The van der Waals surface area contributed by atoms with Gasteiger partial charge in [0, 0.05) is 12.6 Å². The van der Waals surface area contributed by atoms with Crippen LogP contribution in [0.4, 0.5) is 5.69 Å². The molecule has 0 aliphatic heterocycles. The van der Waals surface area contributed by atoms with Crippen molar-refractivity contribution >= 4 is 23.5 Å². The Balaban J connectivity index is 2.17. The highest BCUT2D eigenvalue weighted by atomic mass is 35.5. The lowest BCUT2D eigenvalue weighted by atomic mass is 10.2. The van der Waals surface area contributed by atoms with E-state index >= 15 is 0 Å². The zero-order valence-corrected chi connectivity index (χ0v) is 12.5. The smallest absolute Gasteiger partial charge is 0.287 e. The summed E-state index contributed by atoms with van der Waals surface area (Å²) in [6.45, 7) is 2.49. The van der Waals surface area contributed by atoms with E-state index < -0.39 is 0 Å². The Hall–Kier alpha value is -2.34. The van der Waals surface area contributed by atoms with E-state index in [0.29, 0.717) is 12.3 Å². The van der Waals surface area contributed by atoms with Gasteiger partial charge in [-0.2, -0.15) is 10.2 Å². The maximum absolute atomic E-state index is 11.6. The molecule has 0 bridgehead atoms. The second-order valence-corrected chi connectivity index (χ2v) is 4.52. The number of benzene rings is 1. The minimum atomic E-state index is -0.383. The number of hydrazone groups is 1. The van der Waals surface area contributed by atoms with Gasteiger partial charge in [0.05, 0.1) is 19.0 Å². The van der Waals surface area contributed by atoms with Crippen LogP contribution in [0.1, 0.15) is 12.5 Å². The van der Waals surface area contributed by atoms with Gasteiger partial charge in [-0.25, -0.2) is 4.68 Å². The summed E-state index contributed by atoms with van der Waals surface area (Å²) in [7, 11) is 1.53. The van der Waals surface area contributed by atoms with Crippen LogP contribution in [0, 0.1) is 0 Å². The van der Waals surface area contributed by atoms with Crippen LogP contribution in [0.2, 0.25) is 5.02 Å². The van der Waals surface area contributed by atoms with E-state index in [9.17, 15) is 4.79 Å². The fourth-order valence-electron chi connectivity index (χ4n) is 1.63. The first-order valence-corrected chi connectivity index (χ1v) is 6.74. The monoisotopic (exact) mass is 306 g/mol. The molecule has 1 aromatic carbocycles. The average Bonchev–Trinajstić information content (AvgIpc) is 2.49. The number of aryl methyl sites for hydroxylation is 1. The normalized spacial score (nSPS) is 10.8. The maximum atomic E-state index is 11.6. The molecule has 6 nitrogen and oxygen atoms in total. The van der Waals surface area contributed by atoms with Gasteiger partial charge in [0.15, 0.2) is 0 Å². The van der Waals surface area contributed by atoms with E-state index in [-0.39, 0.29) is 10.6 Å². The number of halogens is 1. The van der Waals surface area contributed by atoms with Crippen molar-refractivity contribution in [3.8, 4) is 5.75 Å². The summed E-state index contributed by atoms with van der Waals surface area (Å²) in [5.74, 6) is 0.735. The molecular formula is C14H15ClN4O2. The summed E-state index contributed by atoms with van der Waals surface area (Å²) < 4.78 is 6.64. The zero-order valence-electron chi connectivity index (χ0n) is 11.7. The molecule has 0 spiro atoms. The van der Waals surface area contributed by atoms with Crippen LogP contribution in [0.3, 0.4) is 0 Å². The number of para-hydroxylation sites is 1. The molecule has 21 heavy (non-hydrogen) atoms. The van der Waals surface area contributed by atoms with Gasteiger partial charge in [-0.05, 0) is 19.1 Å². The van der Waals surface area contributed by atoms with Gasteiger partial charge >= 0.3 is 0 Å². The Kier molecular flexibility index (Phi) is 4.94. The van der Waals surface area contributed by atoms with Crippen molar-refractivity contribution in [1.82, 2.24) is 9.78 Å². The first-order chi connectivity index (χ1) is 10.1. The van der Waals surface area contributed by atoms with Crippen molar-refractivity contribution in [3.63, 3.8) is 0 Å². The fourth-order valence-corrected chi connectivity index (χ4v) is 1.85. The molecule has 7 heteroatoms. The number of anilines is 1. The molecule has 0 amide bonds. The number of aromatic nitrogens is 2. The summed E-state index contributed by atoms with van der Waals surface area (Å²) in [5.41, 5.74) is 3.49. The molecule has 2 rings (SSSR count). The molecule has 0 aliphatic carbocycles. The van der Waals surface area contributed by atoms with Crippen molar-refractivity contribution in [2.75, 3.05) is 12.0 Å². The molecule has 0 aliphatic rings. The quantitative estimate of drug-likeness (QED) is 0.679. The summed E-state index contributed by atoms with van der Waals surface area (Å²) in [4.78, 5) is 11.6. The Morgan fingerprint density at radius 3 is 3.00 bits per heavy atom. The summed E-state index contributed by atoms with van der Waals surface area (Å²) in [6, 6.07) is 7.51. The predicted octanol–water partition coefficient (Wildman–Crippen LogP) is 2.28. The largest absolute Gasteiger partial charge is 0.493 e. The molecule has 0 unspecified atom stereocenters. The lowest BCUT2D eigenvalue weighted by Gasteiger charge is -2.06. The molecular weight excluding hydrogens is 292 g/mol. The van der Waals surface area contributed by atoms with Gasteiger partial charge in [-0.15, -0.1) is 0 Å². The zero-order chi connectivity index (χ0) is 15.2. The highest BCUT2D eigenvalue weighted by Crippen LogP contribution is 2.17. The first-order valence-electron chi connectivity index (χ1n) is 6.36. The molecule has 0 fully saturated rings.